The number of aryl methyl sites for hydroxylation is 1. The fourth-order valence-electron chi connectivity index (χ4n) is 1.45. The Morgan fingerprint density at radius 1 is 1.55 bits per heavy atom. The zero-order chi connectivity index (χ0) is 14.7. The van der Waals surface area contributed by atoms with Gasteiger partial charge in [-0.25, -0.2) is 0 Å². The van der Waals surface area contributed by atoms with Crippen molar-refractivity contribution in [1.29, 1.82) is 0 Å². The number of nitrogens with zero attached hydrogens (tertiary/aromatic N) is 4. The molecule has 0 spiro atoms. The fraction of sp³-hybridized carbons (Fsp3) is 0.300. The number of hydrogen-bond acceptors (Lipinski definition) is 7. The summed E-state index contributed by atoms with van der Waals surface area (Å²) < 4.78 is 4.81. The third-order valence-corrected chi connectivity index (χ3v) is 2.33. The van der Waals surface area contributed by atoms with Gasteiger partial charge in [-0.1, -0.05) is 5.16 Å². The summed E-state index contributed by atoms with van der Waals surface area (Å²) in [6.45, 7) is 1.53. The Morgan fingerprint density at radius 3 is 2.85 bits per heavy atom. The number of aromatic amines is 1. The van der Waals surface area contributed by atoms with Gasteiger partial charge in [0.25, 0.3) is 5.91 Å². The van der Waals surface area contributed by atoms with Gasteiger partial charge < -0.3 is 20.5 Å². The maximum absolute atomic E-state index is 11.9. The summed E-state index contributed by atoms with van der Waals surface area (Å²) in [4.78, 5) is 28.4. The molecule has 2 aromatic rings. The van der Waals surface area contributed by atoms with Gasteiger partial charge in [0.15, 0.2) is 5.82 Å². The van der Waals surface area contributed by atoms with E-state index in [1.54, 1.807) is 13.0 Å². The highest BCUT2D eigenvalue weighted by Gasteiger charge is 2.18. The molecule has 0 bridgehead atoms. The van der Waals surface area contributed by atoms with E-state index in [-0.39, 0.29) is 24.1 Å². The molecule has 10 heteroatoms. The lowest BCUT2D eigenvalue weighted by Gasteiger charge is -2.14. The number of rotatable bonds is 4. The van der Waals surface area contributed by atoms with Crippen LogP contribution in [0, 0.1) is 6.92 Å². The van der Waals surface area contributed by atoms with Crippen molar-refractivity contribution in [3.8, 4) is 0 Å². The number of carbonyl (C=O) groups is 2. The number of nitrogen functional groups attached to an aromatic ring is 1. The highest BCUT2D eigenvalue weighted by molar-refractivity contribution is 5.97. The second-order valence-electron chi connectivity index (χ2n) is 4.07. The summed E-state index contributed by atoms with van der Waals surface area (Å²) in [5.41, 5.74) is 5.30. The van der Waals surface area contributed by atoms with Crippen LogP contribution in [0.4, 0.5) is 11.8 Å². The van der Waals surface area contributed by atoms with E-state index >= 15 is 0 Å². The number of nitrogens with one attached hydrogen (secondary N) is 2. The molecule has 0 fully saturated rings. The van der Waals surface area contributed by atoms with Gasteiger partial charge in [0.1, 0.15) is 12.3 Å². The van der Waals surface area contributed by atoms with E-state index in [2.05, 4.69) is 25.7 Å². The van der Waals surface area contributed by atoms with E-state index in [9.17, 15) is 9.59 Å². The maximum atomic E-state index is 11.9. The molecule has 0 atom stereocenters. The van der Waals surface area contributed by atoms with Crippen LogP contribution in [0.2, 0.25) is 0 Å². The number of anilines is 2. The predicted octanol–water partition coefficient (Wildman–Crippen LogP) is -0.606. The van der Waals surface area contributed by atoms with E-state index < -0.39 is 11.8 Å². The first kappa shape index (κ1) is 13.5. The zero-order valence-electron chi connectivity index (χ0n) is 10.9. The fourth-order valence-corrected chi connectivity index (χ4v) is 1.45. The van der Waals surface area contributed by atoms with E-state index in [0.717, 1.165) is 0 Å². The van der Waals surface area contributed by atoms with E-state index in [1.165, 1.54) is 11.9 Å². The van der Waals surface area contributed by atoms with Crippen LogP contribution in [-0.4, -0.2) is 50.6 Å². The Bertz CT molecular complexity index is 632. The van der Waals surface area contributed by atoms with Crippen LogP contribution in [0.5, 0.6) is 0 Å². The number of nitrogens with two attached hydrogens (primary N) is 1. The van der Waals surface area contributed by atoms with Gasteiger partial charge in [-0.05, 0) is 6.92 Å². The van der Waals surface area contributed by atoms with Gasteiger partial charge in [0.05, 0.1) is 0 Å². The Kier molecular flexibility index (Phi) is 3.64. The van der Waals surface area contributed by atoms with Crippen LogP contribution in [-0.2, 0) is 4.79 Å². The molecule has 2 rings (SSSR count). The van der Waals surface area contributed by atoms with E-state index in [4.69, 9.17) is 10.3 Å². The van der Waals surface area contributed by atoms with Crippen molar-refractivity contribution in [2.24, 2.45) is 0 Å². The van der Waals surface area contributed by atoms with Crippen molar-refractivity contribution in [2.45, 2.75) is 6.92 Å². The molecule has 2 heterocycles. The Morgan fingerprint density at radius 2 is 2.30 bits per heavy atom. The molecule has 0 aliphatic rings. The minimum absolute atomic E-state index is 0.0323. The van der Waals surface area contributed by atoms with Gasteiger partial charge in [-0.15, -0.1) is 5.10 Å². The lowest BCUT2D eigenvalue weighted by molar-refractivity contribution is -0.116. The number of carbonyl (C=O) groups excluding carboxylic acids is 2. The molecule has 0 saturated carbocycles. The van der Waals surface area contributed by atoms with Gasteiger partial charge in [0, 0.05) is 13.1 Å². The van der Waals surface area contributed by atoms with Gasteiger partial charge >= 0.3 is 0 Å². The molecule has 0 aliphatic heterocycles. The monoisotopic (exact) mass is 279 g/mol. The topological polar surface area (TPSA) is 143 Å². The number of likely N-dealkylation sites (N-methyl/N-ethyl adjacent to an activating group) is 1. The molecule has 10 nitrogen and oxygen atoms in total. The molecule has 106 valence electrons. The average molecular weight is 279 g/mol. The largest absolute Gasteiger partial charge is 0.366 e. The van der Waals surface area contributed by atoms with Crippen LogP contribution in [0.1, 0.15) is 16.4 Å². The summed E-state index contributed by atoms with van der Waals surface area (Å²) in [6.07, 6.45) is 0. The van der Waals surface area contributed by atoms with Crippen LogP contribution >= 0.6 is 0 Å². The Balaban J connectivity index is 1.92. The lowest BCUT2D eigenvalue weighted by Crippen LogP contribution is -2.35. The number of hydrogen-bond donors (Lipinski definition) is 3. The molecule has 2 aromatic heterocycles. The average Bonchev–Trinajstić information content (AvgIpc) is 2.97. The second-order valence-corrected chi connectivity index (χ2v) is 4.07. The summed E-state index contributed by atoms with van der Waals surface area (Å²) >= 11 is 0. The van der Waals surface area contributed by atoms with Crippen LogP contribution in [0.3, 0.4) is 0 Å². The molecule has 0 saturated heterocycles. The van der Waals surface area contributed by atoms with E-state index in [1.807, 2.05) is 0 Å². The molecule has 2 amide bonds. The SMILES string of the molecule is Cc1cc(NC(=O)CN(C)C(=O)c2nc(N)n[nH]2)no1. The van der Waals surface area contributed by atoms with Crippen molar-refractivity contribution in [2.75, 3.05) is 24.6 Å². The summed E-state index contributed by atoms with van der Waals surface area (Å²) in [7, 11) is 1.45. The normalized spacial score (nSPS) is 10.3. The smallest absolute Gasteiger partial charge is 0.291 e. The van der Waals surface area contributed by atoms with Gasteiger partial charge in [0.2, 0.25) is 17.7 Å². The first-order valence-corrected chi connectivity index (χ1v) is 5.62. The Hall–Kier alpha value is -2.91. The predicted molar refractivity (Wildman–Crippen MR) is 67.6 cm³/mol. The molecule has 0 aromatic carbocycles. The molecular weight excluding hydrogens is 266 g/mol. The molecule has 0 radical (unpaired) electrons. The van der Waals surface area contributed by atoms with Gasteiger partial charge in [-0.2, -0.15) is 4.98 Å². The summed E-state index contributed by atoms with van der Waals surface area (Å²) in [5, 5.41) is 12.0. The van der Waals surface area contributed by atoms with Crippen LogP contribution in [0.15, 0.2) is 10.6 Å². The summed E-state index contributed by atoms with van der Waals surface area (Å²) in [6, 6.07) is 1.57. The first-order chi connectivity index (χ1) is 9.45. The number of amides is 2. The lowest BCUT2D eigenvalue weighted by atomic mass is 10.4. The summed E-state index contributed by atoms with van der Waals surface area (Å²) in [5.74, 6) is -0.124. The van der Waals surface area contributed by atoms with Gasteiger partial charge in [-0.3, -0.25) is 14.7 Å². The standard InChI is InChI=1S/C10H13N7O3/c1-5-3-6(16-20-5)12-7(18)4-17(2)9(19)8-13-10(11)15-14-8/h3H,4H2,1-2H3,(H,12,16,18)(H3,11,13,14,15). The highest BCUT2D eigenvalue weighted by atomic mass is 16.5. The van der Waals surface area contributed by atoms with Crippen molar-refractivity contribution in [3.63, 3.8) is 0 Å². The second kappa shape index (κ2) is 5.38. The van der Waals surface area contributed by atoms with Crippen LogP contribution in [0.25, 0.3) is 0 Å². The quantitative estimate of drug-likeness (QED) is 0.677. The third kappa shape index (κ3) is 3.10. The third-order valence-electron chi connectivity index (χ3n) is 2.33. The van der Waals surface area contributed by atoms with Crippen molar-refractivity contribution < 1.29 is 14.1 Å². The molecular formula is C10H13N7O3. The molecule has 0 unspecified atom stereocenters. The Labute approximate surface area is 113 Å². The first-order valence-electron chi connectivity index (χ1n) is 5.62. The molecule has 4 N–H and O–H groups in total. The minimum Gasteiger partial charge on any atom is -0.366 e. The van der Waals surface area contributed by atoms with Crippen LogP contribution < -0.4 is 11.1 Å². The number of aromatic nitrogens is 4. The van der Waals surface area contributed by atoms with Crippen molar-refractivity contribution >= 4 is 23.6 Å². The van der Waals surface area contributed by atoms with E-state index in [0.29, 0.717) is 5.76 Å². The minimum atomic E-state index is -0.499. The molecule has 20 heavy (non-hydrogen) atoms. The number of H-pyrrole nitrogens is 1. The van der Waals surface area contributed by atoms with Crippen molar-refractivity contribution in [3.05, 3.63) is 17.7 Å². The zero-order valence-corrected chi connectivity index (χ0v) is 10.9. The van der Waals surface area contributed by atoms with Crippen molar-refractivity contribution in [1.82, 2.24) is 25.2 Å². The molecule has 0 aliphatic carbocycles. The maximum Gasteiger partial charge on any atom is 0.291 e. The highest BCUT2D eigenvalue weighted by Crippen LogP contribution is 2.07.